The van der Waals surface area contributed by atoms with E-state index >= 15 is 0 Å². The Labute approximate surface area is 186 Å². The van der Waals surface area contributed by atoms with Crippen molar-refractivity contribution in [1.29, 1.82) is 0 Å². The van der Waals surface area contributed by atoms with Crippen LogP contribution < -0.4 is 10.1 Å². The van der Waals surface area contributed by atoms with Gasteiger partial charge in [0.1, 0.15) is 11.6 Å². The quantitative estimate of drug-likeness (QED) is 0.381. The average Bonchev–Trinajstić information content (AvgIpc) is 3.36. The molecule has 30 heavy (non-hydrogen) atoms. The molecule has 0 bridgehead atoms. The van der Waals surface area contributed by atoms with Crippen molar-refractivity contribution in [2.24, 2.45) is 0 Å². The number of hydrogen-bond acceptors (Lipinski definition) is 5. The lowest BCUT2D eigenvalue weighted by Gasteiger charge is -2.07. The topological polar surface area (TPSA) is 69.0 Å². The number of anilines is 1. The fraction of sp³-hybridized carbons (Fsp3) is 0.136. The van der Waals surface area contributed by atoms with E-state index in [2.05, 4.69) is 26.3 Å². The number of hydrogen-bond donors (Lipinski definition) is 1. The Hall–Kier alpha value is -2.97. The molecular formula is C22H19BrN4O2S. The molecule has 0 unspecified atom stereocenters. The summed E-state index contributed by atoms with van der Waals surface area (Å²) in [6.45, 7) is 4.47. The second-order valence-electron chi connectivity index (χ2n) is 6.52. The molecule has 4 rings (SSSR count). The Morgan fingerprint density at radius 2 is 1.90 bits per heavy atom. The van der Waals surface area contributed by atoms with Gasteiger partial charge in [0, 0.05) is 27.0 Å². The van der Waals surface area contributed by atoms with Crippen LogP contribution in [0.5, 0.6) is 5.75 Å². The molecule has 0 aliphatic heterocycles. The molecule has 1 amide bonds. The van der Waals surface area contributed by atoms with E-state index in [1.54, 1.807) is 16.8 Å². The van der Waals surface area contributed by atoms with Crippen LogP contribution in [0, 0.1) is 6.92 Å². The Morgan fingerprint density at radius 3 is 2.60 bits per heavy atom. The first-order chi connectivity index (χ1) is 14.5. The summed E-state index contributed by atoms with van der Waals surface area (Å²) in [5.74, 6) is 1.21. The minimum absolute atomic E-state index is 0.202. The number of halogens is 1. The molecule has 2 aromatic carbocycles. The summed E-state index contributed by atoms with van der Waals surface area (Å²) in [5.41, 5.74) is 3.19. The Balaban J connectivity index is 1.58. The third kappa shape index (κ3) is 4.44. The largest absolute Gasteiger partial charge is 0.494 e. The van der Waals surface area contributed by atoms with Crippen LogP contribution in [0.1, 0.15) is 23.0 Å². The van der Waals surface area contributed by atoms with E-state index < -0.39 is 0 Å². The molecule has 0 saturated heterocycles. The number of amides is 1. The number of thiazole rings is 1. The zero-order valence-electron chi connectivity index (χ0n) is 16.4. The van der Waals surface area contributed by atoms with Gasteiger partial charge in [-0.25, -0.2) is 4.98 Å². The van der Waals surface area contributed by atoms with Crippen molar-refractivity contribution in [1.82, 2.24) is 14.8 Å². The van der Waals surface area contributed by atoms with E-state index in [4.69, 9.17) is 9.72 Å². The molecule has 0 fully saturated rings. The highest BCUT2D eigenvalue weighted by Crippen LogP contribution is 2.28. The van der Waals surface area contributed by atoms with Crippen molar-refractivity contribution in [3.63, 3.8) is 0 Å². The highest BCUT2D eigenvalue weighted by molar-refractivity contribution is 9.10. The van der Waals surface area contributed by atoms with Gasteiger partial charge in [-0.3, -0.25) is 4.79 Å². The van der Waals surface area contributed by atoms with Gasteiger partial charge in [-0.2, -0.15) is 9.78 Å². The van der Waals surface area contributed by atoms with Crippen LogP contribution in [0.25, 0.3) is 16.4 Å². The van der Waals surface area contributed by atoms with Crippen LogP contribution in [0.15, 0.2) is 64.5 Å². The van der Waals surface area contributed by atoms with Crippen molar-refractivity contribution >= 4 is 39.0 Å². The lowest BCUT2D eigenvalue weighted by atomic mass is 10.2. The summed E-state index contributed by atoms with van der Waals surface area (Å²) < 4.78 is 8.08. The molecule has 0 radical (unpaired) electrons. The van der Waals surface area contributed by atoms with Gasteiger partial charge < -0.3 is 10.1 Å². The molecule has 0 saturated carbocycles. The molecule has 8 heteroatoms. The Morgan fingerprint density at radius 1 is 1.17 bits per heavy atom. The maximum atomic E-state index is 12.6. The smallest absolute Gasteiger partial charge is 0.256 e. The molecule has 0 atom stereocenters. The van der Waals surface area contributed by atoms with Crippen LogP contribution in [0.3, 0.4) is 0 Å². The number of nitrogens with zero attached hydrogens (tertiary/aromatic N) is 3. The van der Waals surface area contributed by atoms with Gasteiger partial charge in [0.15, 0.2) is 0 Å². The minimum atomic E-state index is -0.202. The van der Waals surface area contributed by atoms with Gasteiger partial charge in [-0.1, -0.05) is 15.9 Å². The number of aryl methyl sites for hydroxylation is 1. The molecule has 2 aromatic heterocycles. The van der Waals surface area contributed by atoms with Crippen LogP contribution in [0.2, 0.25) is 0 Å². The summed E-state index contributed by atoms with van der Waals surface area (Å²) in [4.78, 5) is 17.3. The van der Waals surface area contributed by atoms with Gasteiger partial charge in [-0.15, -0.1) is 11.3 Å². The third-order valence-electron chi connectivity index (χ3n) is 4.31. The fourth-order valence-corrected chi connectivity index (χ4v) is 3.97. The third-order valence-corrected chi connectivity index (χ3v) is 5.66. The monoisotopic (exact) mass is 482 g/mol. The van der Waals surface area contributed by atoms with Crippen LogP contribution in [-0.2, 0) is 0 Å². The fourth-order valence-electron chi connectivity index (χ4n) is 2.91. The van der Waals surface area contributed by atoms with Gasteiger partial charge in [0.05, 0.1) is 18.0 Å². The number of ether oxygens (including phenoxy) is 1. The van der Waals surface area contributed by atoms with E-state index in [1.807, 2.05) is 61.7 Å². The van der Waals surface area contributed by atoms with Crippen LogP contribution in [-0.4, -0.2) is 27.3 Å². The predicted molar refractivity (Wildman–Crippen MR) is 123 cm³/mol. The van der Waals surface area contributed by atoms with E-state index in [0.717, 1.165) is 27.2 Å². The number of aromatic nitrogens is 3. The molecule has 0 aliphatic rings. The SMILES string of the molecule is CCOc1ccc(-c2csc(-n3nc(C)cc3NC(=O)c3ccc(Br)cc3)n2)cc1. The highest BCUT2D eigenvalue weighted by Gasteiger charge is 2.15. The highest BCUT2D eigenvalue weighted by atomic mass is 79.9. The summed E-state index contributed by atoms with van der Waals surface area (Å²) in [5, 5.41) is 10.1. The number of benzene rings is 2. The lowest BCUT2D eigenvalue weighted by molar-refractivity contribution is 0.102. The maximum Gasteiger partial charge on any atom is 0.256 e. The molecule has 6 nitrogen and oxygen atoms in total. The van der Waals surface area contributed by atoms with E-state index in [9.17, 15) is 4.79 Å². The zero-order chi connectivity index (χ0) is 21.1. The molecule has 1 N–H and O–H groups in total. The maximum absolute atomic E-state index is 12.6. The molecule has 4 aromatic rings. The van der Waals surface area contributed by atoms with Gasteiger partial charge in [0.2, 0.25) is 5.13 Å². The first-order valence-electron chi connectivity index (χ1n) is 9.36. The van der Waals surface area contributed by atoms with E-state index in [0.29, 0.717) is 23.1 Å². The van der Waals surface area contributed by atoms with Gasteiger partial charge in [-0.05, 0) is 62.4 Å². The normalized spacial score (nSPS) is 10.8. The summed E-state index contributed by atoms with van der Waals surface area (Å²) in [6, 6.07) is 16.8. The summed E-state index contributed by atoms with van der Waals surface area (Å²) in [6.07, 6.45) is 0. The van der Waals surface area contributed by atoms with E-state index in [1.165, 1.54) is 11.3 Å². The lowest BCUT2D eigenvalue weighted by Crippen LogP contribution is -2.15. The van der Waals surface area contributed by atoms with Crippen molar-refractivity contribution in [2.75, 3.05) is 11.9 Å². The number of carbonyl (C=O) groups is 1. The Kier molecular flexibility index (Phi) is 5.96. The first kappa shape index (κ1) is 20.3. The summed E-state index contributed by atoms with van der Waals surface area (Å²) in [7, 11) is 0. The second kappa shape index (κ2) is 8.81. The minimum Gasteiger partial charge on any atom is -0.494 e. The van der Waals surface area contributed by atoms with Gasteiger partial charge in [0.25, 0.3) is 5.91 Å². The molecule has 152 valence electrons. The standard InChI is InChI=1S/C22H19BrN4O2S/c1-3-29-18-10-6-15(7-11-18)19-13-30-22(24-19)27-20(12-14(2)26-27)25-21(28)16-4-8-17(23)9-5-16/h4-13H,3H2,1-2H3,(H,25,28). The van der Waals surface area contributed by atoms with Crippen molar-refractivity contribution in [3.8, 4) is 22.1 Å². The number of carbonyl (C=O) groups excluding carboxylic acids is 1. The zero-order valence-corrected chi connectivity index (χ0v) is 18.8. The van der Waals surface area contributed by atoms with Gasteiger partial charge >= 0.3 is 0 Å². The number of rotatable bonds is 6. The van der Waals surface area contributed by atoms with Crippen molar-refractivity contribution in [3.05, 3.63) is 75.7 Å². The van der Waals surface area contributed by atoms with E-state index in [-0.39, 0.29) is 5.91 Å². The number of nitrogens with one attached hydrogen (secondary N) is 1. The van der Waals surface area contributed by atoms with Crippen LogP contribution >= 0.6 is 27.3 Å². The second-order valence-corrected chi connectivity index (χ2v) is 8.27. The first-order valence-corrected chi connectivity index (χ1v) is 11.0. The summed E-state index contributed by atoms with van der Waals surface area (Å²) >= 11 is 4.85. The van der Waals surface area contributed by atoms with Crippen LogP contribution in [0.4, 0.5) is 5.82 Å². The Bertz CT molecular complexity index is 1170. The molecule has 2 heterocycles. The molecule has 0 aliphatic carbocycles. The molecule has 0 spiro atoms. The predicted octanol–water partition coefficient (Wildman–Crippen LogP) is 5.72. The van der Waals surface area contributed by atoms with Crippen molar-refractivity contribution < 1.29 is 9.53 Å². The average molecular weight is 483 g/mol. The molecular weight excluding hydrogens is 464 g/mol. The van der Waals surface area contributed by atoms with Crippen molar-refractivity contribution in [2.45, 2.75) is 13.8 Å².